The number of rotatable bonds is 2. The van der Waals surface area contributed by atoms with Gasteiger partial charge in [0.2, 0.25) is 6.79 Å². The second-order valence-electron chi connectivity index (χ2n) is 5.21. The van der Waals surface area contributed by atoms with Crippen LogP contribution >= 0.6 is 0 Å². The van der Waals surface area contributed by atoms with E-state index >= 15 is 0 Å². The summed E-state index contributed by atoms with van der Waals surface area (Å²) in [5.74, 6) is 0.222. The fraction of sp³-hybridized carbons (Fsp3) is 0.500. The van der Waals surface area contributed by atoms with E-state index in [2.05, 4.69) is 0 Å². The number of aliphatic carboxylic acids is 1. The highest BCUT2D eigenvalue weighted by atomic mass is 16.7. The highest BCUT2D eigenvalue weighted by molar-refractivity contribution is 5.70. The number of benzene rings is 1. The summed E-state index contributed by atoms with van der Waals surface area (Å²) < 4.78 is 10.5. The number of hydrogen-bond acceptors (Lipinski definition) is 4. The first-order chi connectivity index (χ1) is 9.08. The molecule has 1 aliphatic carbocycles. The molecule has 0 amide bonds. The van der Waals surface area contributed by atoms with Crippen molar-refractivity contribution in [2.75, 3.05) is 6.79 Å². The van der Waals surface area contributed by atoms with E-state index in [1.54, 1.807) is 12.1 Å². The highest BCUT2D eigenvalue weighted by Crippen LogP contribution is 2.43. The molecule has 5 heteroatoms. The standard InChI is InChI=1S/C14H16O5/c15-13(16)9-3-5-14(17,6-4-9)10-1-2-11-12(7-10)19-8-18-11/h1-2,7,9,17H,3-6,8H2,(H,15,16). The van der Waals surface area contributed by atoms with E-state index in [9.17, 15) is 9.90 Å². The van der Waals surface area contributed by atoms with Gasteiger partial charge in [-0.05, 0) is 43.4 Å². The summed E-state index contributed by atoms with van der Waals surface area (Å²) in [5, 5.41) is 19.7. The molecule has 1 aromatic carbocycles. The van der Waals surface area contributed by atoms with Crippen LogP contribution in [0.5, 0.6) is 11.5 Å². The molecule has 0 saturated heterocycles. The van der Waals surface area contributed by atoms with E-state index in [-0.39, 0.29) is 12.7 Å². The molecule has 1 aromatic rings. The van der Waals surface area contributed by atoms with E-state index in [1.165, 1.54) is 0 Å². The summed E-state index contributed by atoms with van der Waals surface area (Å²) in [6.07, 6.45) is 1.92. The van der Waals surface area contributed by atoms with Crippen LogP contribution in [0.4, 0.5) is 0 Å². The first-order valence-corrected chi connectivity index (χ1v) is 6.44. The smallest absolute Gasteiger partial charge is 0.306 e. The zero-order valence-corrected chi connectivity index (χ0v) is 10.5. The molecule has 0 atom stereocenters. The molecule has 0 bridgehead atoms. The summed E-state index contributed by atoms with van der Waals surface area (Å²) in [5.41, 5.74) is -0.173. The molecule has 102 valence electrons. The molecule has 0 aromatic heterocycles. The monoisotopic (exact) mass is 264 g/mol. The lowest BCUT2D eigenvalue weighted by molar-refractivity contribution is -0.145. The van der Waals surface area contributed by atoms with Crippen molar-refractivity contribution in [3.8, 4) is 11.5 Å². The summed E-state index contributed by atoms with van der Waals surface area (Å²) in [4.78, 5) is 10.9. The molecule has 1 aliphatic heterocycles. The lowest BCUT2D eigenvalue weighted by Gasteiger charge is -2.35. The third kappa shape index (κ3) is 2.14. The molecule has 1 fully saturated rings. The van der Waals surface area contributed by atoms with E-state index in [4.69, 9.17) is 14.6 Å². The predicted octanol–water partition coefficient (Wildman–Crippen LogP) is 1.88. The number of carbonyl (C=O) groups is 1. The first-order valence-electron chi connectivity index (χ1n) is 6.44. The summed E-state index contributed by atoms with van der Waals surface area (Å²) >= 11 is 0. The Kier molecular flexibility index (Phi) is 2.86. The first kappa shape index (κ1) is 12.3. The Morgan fingerprint density at radius 2 is 1.89 bits per heavy atom. The van der Waals surface area contributed by atoms with Gasteiger partial charge in [0.15, 0.2) is 11.5 Å². The number of hydrogen-bond donors (Lipinski definition) is 2. The van der Waals surface area contributed by atoms with Gasteiger partial charge in [-0.15, -0.1) is 0 Å². The van der Waals surface area contributed by atoms with E-state index in [0.29, 0.717) is 37.2 Å². The molecule has 3 rings (SSSR count). The number of carboxylic acid groups (broad SMARTS) is 1. The molecule has 5 nitrogen and oxygen atoms in total. The van der Waals surface area contributed by atoms with Crippen LogP contribution in [-0.2, 0) is 10.4 Å². The molecule has 0 spiro atoms. The van der Waals surface area contributed by atoms with Crippen LogP contribution in [0.1, 0.15) is 31.2 Å². The zero-order valence-electron chi connectivity index (χ0n) is 10.5. The molecule has 19 heavy (non-hydrogen) atoms. The fourth-order valence-corrected chi connectivity index (χ4v) is 2.82. The second-order valence-corrected chi connectivity index (χ2v) is 5.21. The Morgan fingerprint density at radius 3 is 2.58 bits per heavy atom. The lowest BCUT2D eigenvalue weighted by atomic mass is 9.75. The van der Waals surface area contributed by atoms with Crippen LogP contribution in [0.15, 0.2) is 18.2 Å². The van der Waals surface area contributed by atoms with Crippen molar-refractivity contribution in [3.05, 3.63) is 23.8 Å². The van der Waals surface area contributed by atoms with Crippen molar-refractivity contribution in [2.24, 2.45) is 5.92 Å². The number of fused-ring (bicyclic) bond motifs is 1. The van der Waals surface area contributed by atoms with Gasteiger partial charge in [0.1, 0.15) is 0 Å². The summed E-state index contributed by atoms with van der Waals surface area (Å²) in [6.45, 7) is 0.207. The number of carboxylic acids is 1. The van der Waals surface area contributed by atoms with Gasteiger partial charge in [-0.1, -0.05) is 6.07 Å². The average Bonchev–Trinajstić information content (AvgIpc) is 2.86. The van der Waals surface area contributed by atoms with E-state index in [0.717, 1.165) is 5.56 Å². The number of ether oxygens (including phenoxy) is 2. The van der Waals surface area contributed by atoms with Crippen molar-refractivity contribution in [1.82, 2.24) is 0 Å². The average molecular weight is 264 g/mol. The molecule has 0 radical (unpaired) electrons. The molecule has 1 heterocycles. The molecule has 0 unspecified atom stereocenters. The van der Waals surface area contributed by atoms with Crippen molar-refractivity contribution in [3.63, 3.8) is 0 Å². The number of aliphatic hydroxyl groups is 1. The van der Waals surface area contributed by atoms with Gasteiger partial charge in [0.05, 0.1) is 11.5 Å². The van der Waals surface area contributed by atoms with Gasteiger partial charge in [-0.2, -0.15) is 0 Å². The van der Waals surface area contributed by atoms with Gasteiger partial charge in [-0.3, -0.25) is 4.79 Å². The van der Waals surface area contributed by atoms with E-state index in [1.807, 2.05) is 6.07 Å². The topological polar surface area (TPSA) is 76.0 Å². The Morgan fingerprint density at radius 1 is 1.21 bits per heavy atom. The Balaban J connectivity index is 1.80. The molecule has 1 saturated carbocycles. The minimum Gasteiger partial charge on any atom is -0.481 e. The van der Waals surface area contributed by atoms with Crippen molar-refractivity contribution in [2.45, 2.75) is 31.3 Å². The van der Waals surface area contributed by atoms with Gasteiger partial charge in [-0.25, -0.2) is 0 Å². The SMILES string of the molecule is O=C(O)C1CCC(O)(c2ccc3c(c2)OCO3)CC1. The van der Waals surface area contributed by atoms with Crippen LogP contribution in [0, 0.1) is 5.92 Å². The van der Waals surface area contributed by atoms with Gasteiger partial charge >= 0.3 is 5.97 Å². The van der Waals surface area contributed by atoms with Crippen LogP contribution < -0.4 is 9.47 Å². The molecule has 2 aliphatic rings. The van der Waals surface area contributed by atoms with Gasteiger partial charge in [0, 0.05) is 0 Å². The van der Waals surface area contributed by atoms with Crippen LogP contribution in [0.25, 0.3) is 0 Å². The van der Waals surface area contributed by atoms with Crippen molar-refractivity contribution < 1.29 is 24.5 Å². The Labute approximate surface area is 110 Å². The molecular weight excluding hydrogens is 248 g/mol. The Bertz CT molecular complexity index is 503. The minimum absolute atomic E-state index is 0.207. The maximum Gasteiger partial charge on any atom is 0.306 e. The third-order valence-corrected chi connectivity index (χ3v) is 4.07. The maximum atomic E-state index is 10.9. The quantitative estimate of drug-likeness (QED) is 0.853. The van der Waals surface area contributed by atoms with Gasteiger partial charge in [0.25, 0.3) is 0 Å². The zero-order chi connectivity index (χ0) is 13.5. The Hall–Kier alpha value is -1.75. The van der Waals surface area contributed by atoms with Crippen LogP contribution in [0.2, 0.25) is 0 Å². The van der Waals surface area contributed by atoms with E-state index < -0.39 is 11.6 Å². The highest BCUT2D eigenvalue weighted by Gasteiger charge is 2.37. The summed E-state index contributed by atoms with van der Waals surface area (Å²) in [7, 11) is 0. The second kappa shape index (κ2) is 4.42. The molecular formula is C14H16O5. The van der Waals surface area contributed by atoms with Gasteiger partial charge < -0.3 is 19.7 Å². The fourth-order valence-electron chi connectivity index (χ4n) is 2.82. The van der Waals surface area contributed by atoms with Crippen molar-refractivity contribution in [1.29, 1.82) is 0 Å². The van der Waals surface area contributed by atoms with Crippen LogP contribution in [-0.4, -0.2) is 23.0 Å². The normalized spacial score (nSPS) is 29.2. The largest absolute Gasteiger partial charge is 0.481 e. The summed E-state index contributed by atoms with van der Waals surface area (Å²) in [6, 6.07) is 5.41. The third-order valence-electron chi connectivity index (χ3n) is 4.07. The van der Waals surface area contributed by atoms with Crippen LogP contribution in [0.3, 0.4) is 0 Å². The molecule has 2 N–H and O–H groups in total. The maximum absolute atomic E-state index is 10.9. The lowest BCUT2D eigenvalue weighted by Crippen LogP contribution is -2.33. The predicted molar refractivity (Wildman–Crippen MR) is 66.1 cm³/mol. The minimum atomic E-state index is -0.951. The van der Waals surface area contributed by atoms with Crippen molar-refractivity contribution >= 4 is 5.97 Å².